The highest BCUT2D eigenvalue weighted by molar-refractivity contribution is 7.45. The van der Waals surface area contributed by atoms with Crippen molar-refractivity contribution in [3.8, 4) is 0 Å². The quantitative estimate of drug-likeness (QED) is 0.0152. The third-order valence-electron chi connectivity index (χ3n) is 9.13. The monoisotopic (exact) mass is 794 g/mol. The van der Waals surface area contributed by atoms with Crippen LogP contribution in [0.15, 0.2) is 60.9 Å². The molecule has 55 heavy (non-hydrogen) atoms. The van der Waals surface area contributed by atoms with Crippen LogP contribution in [0, 0.1) is 0 Å². The standard InChI is InChI=1S/C46H84NO7P/c1-6-8-10-12-14-16-18-20-22-24-25-27-29-31-33-35-37-39-46(48)52-43-45(44-54-55(49,50)53-42-40-47(3,4)5)51-41-38-36-34-32-30-28-26-23-21-19-17-15-13-11-9-7-2/h20-23,25,27,31,33,38,41,45H,6-19,24,26,28-30,32,34-37,39-40,42-44H2,1-5H3/b22-20-,23-21-,27-25-,33-31-,41-38-. The fourth-order valence-electron chi connectivity index (χ4n) is 5.60. The molecule has 0 aliphatic heterocycles. The van der Waals surface area contributed by atoms with Crippen molar-refractivity contribution in [2.45, 2.75) is 180 Å². The first-order chi connectivity index (χ1) is 26.6. The lowest BCUT2D eigenvalue weighted by Gasteiger charge is -2.28. The summed E-state index contributed by atoms with van der Waals surface area (Å²) >= 11 is 0. The van der Waals surface area contributed by atoms with Crippen molar-refractivity contribution in [1.82, 2.24) is 0 Å². The topological polar surface area (TPSA) is 94.1 Å². The summed E-state index contributed by atoms with van der Waals surface area (Å²) in [6.45, 7) is 4.62. The van der Waals surface area contributed by atoms with Crippen LogP contribution in [-0.4, -0.2) is 64.1 Å². The molecule has 0 aliphatic rings. The molecule has 2 unspecified atom stereocenters. The predicted octanol–water partition coefficient (Wildman–Crippen LogP) is 12.7. The molecule has 8 nitrogen and oxygen atoms in total. The molecule has 0 saturated heterocycles. The fourth-order valence-corrected chi connectivity index (χ4v) is 6.33. The summed E-state index contributed by atoms with van der Waals surface area (Å²) in [6, 6.07) is 0. The zero-order valence-electron chi connectivity index (χ0n) is 36.1. The molecule has 0 fully saturated rings. The second-order valence-electron chi connectivity index (χ2n) is 15.8. The van der Waals surface area contributed by atoms with Crippen LogP contribution in [0.4, 0.5) is 0 Å². The molecular formula is C46H84NO7P. The van der Waals surface area contributed by atoms with Gasteiger partial charge in [0.05, 0.1) is 34.0 Å². The Morgan fingerprint density at radius 1 is 0.582 bits per heavy atom. The maximum atomic E-state index is 12.5. The molecule has 0 N–H and O–H groups in total. The first kappa shape index (κ1) is 53.0. The molecule has 2 atom stereocenters. The lowest BCUT2D eigenvalue weighted by Crippen LogP contribution is -2.37. The van der Waals surface area contributed by atoms with Gasteiger partial charge in [0.15, 0.2) is 6.10 Å². The van der Waals surface area contributed by atoms with Crippen molar-refractivity contribution in [2.75, 3.05) is 47.5 Å². The highest BCUT2D eigenvalue weighted by atomic mass is 31.2. The van der Waals surface area contributed by atoms with Gasteiger partial charge in [-0.3, -0.25) is 9.36 Å². The molecule has 0 aromatic heterocycles. The Bertz CT molecular complexity index is 1060. The summed E-state index contributed by atoms with van der Waals surface area (Å²) in [5.74, 6) is -0.347. The van der Waals surface area contributed by atoms with Crippen molar-refractivity contribution in [1.29, 1.82) is 0 Å². The van der Waals surface area contributed by atoms with Gasteiger partial charge >= 0.3 is 5.97 Å². The minimum atomic E-state index is -4.53. The number of nitrogens with zero attached hydrogens (tertiary/aromatic N) is 1. The molecule has 0 radical (unpaired) electrons. The van der Waals surface area contributed by atoms with Crippen molar-refractivity contribution >= 4 is 13.8 Å². The molecule has 320 valence electrons. The van der Waals surface area contributed by atoms with Gasteiger partial charge in [-0.15, -0.1) is 0 Å². The summed E-state index contributed by atoms with van der Waals surface area (Å²) in [5, 5.41) is 0. The van der Waals surface area contributed by atoms with Crippen molar-refractivity contribution in [3.05, 3.63) is 60.9 Å². The van der Waals surface area contributed by atoms with Crippen LogP contribution in [0.5, 0.6) is 0 Å². The number of ether oxygens (including phenoxy) is 2. The second kappa shape index (κ2) is 38.9. The van der Waals surface area contributed by atoms with E-state index in [4.69, 9.17) is 18.5 Å². The lowest BCUT2D eigenvalue weighted by molar-refractivity contribution is -0.870. The van der Waals surface area contributed by atoms with E-state index in [1.165, 1.54) is 103 Å². The molecule has 0 heterocycles. The maximum Gasteiger partial charge on any atom is 0.305 e. The van der Waals surface area contributed by atoms with E-state index < -0.39 is 13.9 Å². The van der Waals surface area contributed by atoms with Gasteiger partial charge < -0.3 is 27.9 Å². The summed E-state index contributed by atoms with van der Waals surface area (Å²) in [6.07, 6.45) is 49.1. The molecule has 0 aromatic rings. The first-order valence-corrected chi connectivity index (χ1v) is 23.5. The molecule has 0 amide bonds. The molecule has 0 aliphatic carbocycles. The summed E-state index contributed by atoms with van der Waals surface area (Å²) < 4.78 is 34.3. The van der Waals surface area contributed by atoms with Crippen LogP contribution in [0.1, 0.15) is 174 Å². The Balaban J connectivity index is 4.40. The van der Waals surface area contributed by atoms with Crippen LogP contribution >= 0.6 is 7.82 Å². The normalized spacial score (nSPS) is 14.3. The molecule has 0 saturated carbocycles. The zero-order valence-corrected chi connectivity index (χ0v) is 37.0. The Kier molecular flexibility index (Phi) is 37.5. The number of allylic oxidation sites excluding steroid dienone is 9. The average Bonchev–Trinajstić information content (AvgIpc) is 3.14. The lowest BCUT2D eigenvalue weighted by atomic mass is 10.1. The minimum Gasteiger partial charge on any atom is -0.756 e. The molecule has 0 aromatic carbocycles. The van der Waals surface area contributed by atoms with Gasteiger partial charge in [-0.25, -0.2) is 0 Å². The van der Waals surface area contributed by atoms with Crippen molar-refractivity contribution in [2.24, 2.45) is 0 Å². The van der Waals surface area contributed by atoms with Crippen LogP contribution in [0.2, 0.25) is 0 Å². The smallest absolute Gasteiger partial charge is 0.305 e. The van der Waals surface area contributed by atoms with E-state index in [0.717, 1.165) is 44.9 Å². The number of likely N-dealkylation sites (N-methyl/N-ethyl adjacent to an activating group) is 1. The third-order valence-corrected chi connectivity index (χ3v) is 10.1. The van der Waals surface area contributed by atoms with Gasteiger partial charge in [0, 0.05) is 6.42 Å². The first-order valence-electron chi connectivity index (χ1n) is 22.1. The van der Waals surface area contributed by atoms with Gasteiger partial charge in [-0.1, -0.05) is 140 Å². The van der Waals surface area contributed by atoms with Gasteiger partial charge in [0.1, 0.15) is 19.8 Å². The van der Waals surface area contributed by atoms with Gasteiger partial charge in [0.2, 0.25) is 0 Å². The largest absolute Gasteiger partial charge is 0.756 e. The number of unbranched alkanes of at least 4 members (excludes halogenated alkanes) is 18. The van der Waals surface area contributed by atoms with Crippen molar-refractivity contribution < 1.29 is 37.3 Å². The highest BCUT2D eigenvalue weighted by Gasteiger charge is 2.19. The Labute approximate surface area is 339 Å². The van der Waals surface area contributed by atoms with Gasteiger partial charge in [-0.05, 0) is 83.1 Å². The molecule has 0 rings (SSSR count). The van der Waals surface area contributed by atoms with Crippen molar-refractivity contribution in [3.63, 3.8) is 0 Å². The Hall–Kier alpha value is -1.96. The maximum absolute atomic E-state index is 12.5. The number of carbonyl (C=O) groups excluding carboxylic acids is 1. The zero-order chi connectivity index (χ0) is 40.6. The van der Waals surface area contributed by atoms with Crippen LogP contribution in [0.3, 0.4) is 0 Å². The summed E-state index contributed by atoms with van der Waals surface area (Å²) in [7, 11) is 1.32. The molecule has 9 heteroatoms. The van der Waals surface area contributed by atoms with E-state index in [1.807, 2.05) is 27.2 Å². The van der Waals surface area contributed by atoms with E-state index in [0.29, 0.717) is 17.4 Å². The number of esters is 1. The fraction of sp³-hybridized carbons (Fsp3) is 0.761. The van der Waals surface area contributed by atoms with E-state index in [-0.39, 0.29) is 32.2 Å². The number of hydrogen-bond acceptors (Lipinski definition) is 7. The summed E-state index contributed by atoms with van der Waals surface area (Å²) in [4.78, 5) is 24.8. The number of carbonyl (C=O) groups is 1. The second-order valence-corrected chi connectivity index (χ2v) is 17.2. The van der Waals surface area contributed by atoms with Gasteiger partial charge in [-0.2, -0.15) is 0 Å². The summed E-state index contributed by atoms with van der Waals surface area (Å²) in [5.41, 5.74) is 0. The van der Waals surface area contributed by atoms with E-state index >= 15 is 0 Å². The van der Waals surface area contributed by atoms with E-state index in [2.05, 4.69) is 62.5 Å². The molecule has 0 spiro atoms. The Morgan fingerprint density at radius 2 is 1.02 bits per heavy atom. The number of rotatable bonds is 40. The number of phosphoric ester groups is 1. The Morgan fingerprint density at radius 3 is 1.53 bits per heavy atom. The van der Waals surface area contributed by atoms with Gasteiger partial charge in [0.25, 0.3) is 7.82 Å². The third kappa shape index (κ3) is 43.0. The number of hydrogen-bond donors (Lipinski definition) is 0. The van der Waals surface area contributed by atoms with Crippen LogP contribution < -0.4 is 4.89 Å². The SMILES string of the molecule is CCCCCCCC/C=C\C/C=C\C/C=C\CCCC(=O)OCC(COP(=O)([O-])OCC[N+](C)(C)C)O/C=C\CCCCCC/C=C\CCCCCCCC. The average molecular weight is 794 g/mol. The van der Waals surface area contributed by atoms with E-state index in [9.17, 15) is 14.3 Å². The minimum absolute atomic E-state index is 0.0155. The number of quaternary nitrogens is 1. The van der Waals surface area contributed by atoms with Crippen LogP contribution in [0.25, 0.3) is 0 Å². The number of phosphoric acid groups is 1. The van der Waals surface area contributed by atoms with Crippen LogP contribution in [-0.2, 0) is 27.9 Å². The highest BCUT2D eigenvalue weighted by Crippen LogP contribution is 2.38. The predicted molar refractivity (Wildman–Crippen MR) is 231 cm³/mol. The molecular weight excluding hydrogens is 709 g/mol. The van der Waals surface area contributed by atoms with E-state index in [1.54, 1.807) is 6.26 Å². The molecule has 0 bridgehead atoms.